The van der Waals surface area contributed by atoms with Crippen LogP contribution in [0.4, 0.5) is 5.69 Å². The monoisotopic (exact) mass is 286 g/mol. The summed E-state index contributed by atoms with van der Waals surface area (Å²) >= 11 is 5.73. The van der Waals surface area contributed by atoms with Crippen molar-refractivity contribution in [3.63, 3.8) is 0 Å². The molecule has 1 rings (SSSR count). The molecule has 6 nitrogen and oxygen atoms in total. The number of amides is 1. The highest BCUT2D eigenvalue weighted by atomic mass is 35.5. The number of nitrogens with one attached hydrogen (secondary N) is 1. The molecule has 104 valence electrons. The number of carbonyl (C=O) groups is 1. The Labute approximate surface area is 115 Å². The van der Waals surface area contributed by atoms with E-state index in [1.807, 2.05) is 0 Å². The van der Waals surface area contributed by atoms with Crippen molar-refractivity contribution >= 4 is 23.2 Å². The van der Waals surface area contributed by atoms with Gasteiger partial charge in [-0.25, -0.2) is 0 Å². The maximum absolute atomic E-state index is 11.9. The summed E-state index contributed by atoms with van der Waals surface area (Å²) in [6, 6.07) is 3.57. The van der Waals surface area contributed by atoms with E-state index in [0.717, 1.165) is 0 Å². The number of carbonyl (C=O) groups excluding carboxylic acids is 1. The van der Waals surface area contributed by atoms with Crippen LogP contribution in [0.1, 0.15) is 24.2 Å². The third-order valence-electron chi connectivity index (χ3n) is 2.91. The standard InChI is InChI=1S/C12H15ClN2O4/c1-7(6-16)8(2)14-12(17)9-3-4-11(15(18)19)10(13)5-9/h3-5,7-8,16H,6H2,1-2H3,(H,14,17). The van der Waals surface area contributed by atoms with E-state index in [-0.39, 0.29) is 40.7 Å². The van der Waals surface area contributed by atoms with Crippen LogP contribution in [-0.4, -0.2) is 28.6 Å². The van der Waals surface area contributed by atoms with Crippen molar-refractivity contribution in [2.75, 3.05) is 6.61 Å². The molecule has 2 N–H and O–H groups in total. The summed E-state index contributed by atoms with van der Waals surface area (Å²) in [6.45, 7) is 3.53. The van der Waals surface area contributed by atoms with Crippen molar-refractivity contribution in [1.82, 2.24) is 5.32 Å². The molecule has 0 heterocycles. The minimum atomic E-state index is -0.611. The molecule has 2 atom stereocenters. The summed E-state index contributed by atoms with van der Waals surface area (Å²) in [4.78, 5) is 21.9. The van der Waals surface area contributed by atoms with Crippen LogP contribution in [0.5, 0.6) is 0 Å². The maximum Gasteiger partial charge on any atom is 0.287 e. The van der Waals surface area contributed by atoms with E-state index in [2.05, 4.69) is 5.32 Å². The predicted octanol–water partition coefficient (Wildman–Crippen LogP) is 1.99. The summed E-state index contributed by atoms with van der Waals surface area (Å²) in [5.74, 6) is -0.470. The van der Waals surface area contributed by atoms with E-state index in [0.29, 0.717) is 0 Å². The number of rotatable bonds is 5. The van der Waals surface area contributed by atoms with Crippen LogP contribution < -0.4 is 5.32 Å². The number of halogens is 1. The van der Waals surface area contributed by atoms with Gasteiger partial charge in [0.15, 0.2) is 0 Å². The van der Waals surface area contributed by atoms with Crippen LogP contribution in [0, 0.1) is 16.0 Å². The van der Waals surface area contributed by atoms with Gasteiger partial charge in [-0.1, -0.05) is 18.5 Å². The highest BCUT2D eigenvalue weighted by Gasteiger charge is 2.18. The largest absolute Gasteiger partial charge is 0.396 e. The van der Waals surface area contributed by atoms with Gasteiger partial charge in [-0.05, 0) is 25.0 Å². The zero-order chi connectivity index (χ0) is 14.6. The van der Waals surface area contributed by atoms with Crippen LogP contribution in [0.15, 0.2) is 18.2 Å². The SMILES string of the molecule is CC(CO)C(C)NC(=O)c1ccc([N+](=O)[O-])c(Cl)c1. The molecule has 0 saturated carbocycles. The van der Waals surface area contributed by atoms with Gasteiger partial charge in [0.2, 0.25) is 0 Å². The first-order valence-electron chi connectivity index (χ1n) is 5.72. The molecular weight excluding hydrogens is 272 g/mol. The molecule has 1 amide bonds. The molecule has 2 unspecified atom stereocenters. The number of nitrogens with zero attached hydrogens (tertiary/aromatic N) is 1. The Morgan fingerprint density at radius 3 is 2.63 bits per heavy atom. The zero-order valence-electron chi connectivity index (χ0n) is 10.6. The first kappa shape index (κ1) is 15.4. The van der Waals surface area contributed by atoms with Gasteiger partial charge in [0.05, 0.1) is 4.92 Å². The Morgan fingerprint density at radius 1 is 1.53 bits per heavy atom. The van der Waals surface area contributed by atoms with Crippen molar-refractivity contribution in [2.45, 2.75) is 19.9 Å². The Bertz CT molecular complexity index is 493. The molecule has 0 aromatic heterocycles. The fourth-order valence-electron chi connectivity index (χ4n) is 1.39. The van der Waals surface area contributed by atoms with E-state index >= 15 is 0 Å². The molecule has 1 aromatic rings. The van der Waals surface area contributed by atoms with Crippen LogP contribution in [0.25, 0.3) is 0 Å². The molecule has 1 aromatic carbocycles. The van der Waals surface area contributed by atoms with Crippen LogP contribution >= 0.6 is 11.6 Å². The molecule has 19 heavy (non-hydrogen) atoms. The van der Waals surface area contributed by atoms with Crippen molar-refractivity contribution in [2.24, 2.45) is 5.92 Å². The van der Waals surface area contributed by atoms with Gasteiger partial charge in [0.25, 0.3) is 11.6 Å². The first-order valence-corrected chi connectivity index (χ1v) is 6.10. The van der Waals surface area contributed by atoms with Gasteiger partial charge in [0, 0.05) is 24.3 Å². The number of nitro benzene ring substituents is 1. The zero-order valence-corrected chi connectivity index (χ0v) is 11.3. The van der Waals surface area contributed by atoms with Gasteiger partial charge < -0.3 is 10.4 Å². The van der Waals surface area contributed by atoms with Crippen molar-refractivity contribution in [1.29, 1.82) is 0 Å². The summed E-state index contributed by atoms with van der Waals surface area (Å²) in [6.07, 6.45) is 0. The number of nitro groups is 1. The quantitative estimate of drug-likeness (QED) is 0.639. The molecule has 0 aliphatic rings. The van der Waals surface area contributed by atoms with E-state index < -0.39 is 4.92 Å². The van der Waals surface area contributed by atoms with Gasteiger partial charge in [-0.3, -0.25) is 14.9 Å². The number of hydrogen-bond acceptors (Lipinski definition) is 4. The molecule has 0 saturated heterocycles. The van der Waals surface area contributed by atoms with E-state index in [1.54, 1.807) is 13.8 Å². The second-order valence-corrected chi connectivity index (χ2v) is 4.75. The second kappa shape index (κ2) is 6.49. The highest BCUT2D eigenvalue weighted by Crippen LogP contribution is 2.25. The van der Waals surface area contributed by atoms with Crippen molar-refractivity contribution in [3.8, 4) is 0 Å². The molecule has 0 aliphatic carbocycles. The Morgan fingerprint density at radius 2 is 2.16 bits per heavy atom. The van der Waals surface area contributed by atoms with Gasteiger partial charge in [-0.2, -0.15) is 0 Å². The molecular formula is C12H15ClN2O4. The number of hydrogen-bond donors (Lipinski definition) is 2. The number of aliphatic hydroxyl groups excluding tert-OH is 1. The van der Waals surface area contributed by atoms with Crippen LogP contribution in [-0.2, 0) is 0 Å². The van der Waals surface area contributed by atoms with Crippen molar-refractivity contribution in [3.05, 3.63) is 38.9 Å². The second-order valence-electron chi connectivity index (χ2n) is 4.35. The summed E-state index contributed by atoms with van der Waals surface area (Å²) in [5, 5.41) is 22.2. The van der Waals surface area contributed by atoms with Crippen molar-refractivity contribution < 1.29 is 14.8 Å². The smallest absolute Gasteiger partial charge is 0.287 e. The summed E-state index contributed by atoms with van der Waals surface area (Å²) in [7, 11) is 0. The summed E-state index contributed by atoms with van der Waals surface area (Å²) < 4.78 is 0. The molecule has 7 heteroatoms. The molecule has 0 radical (unpaired) electrons. The molecule has 0 fully saturated rings. The Hall–Kier alpha value is -1.66. The number of aliphatic hydroxyl groups is 1. The van der Waals surface area contributed by atoms with E-state index in [4.69, 9.17) is 16.7 Å². The minimum Gasteiger partial charge on any atom is -0.396 e. The molecule has 0 spiro atoms. The van der Waals surface area contributed by atoms with E-state index in [9.17, 15) is 14.9 Å². The lowest BCUT2D eigenvalue weighted by Crippen LogP contribution is -2.38. The van der Waals surface area contributed by atoms with Crippen LogP contribution in [0.3, 0.4) is 0 Å². The fraction of sp³-hybridized carbons (Fsp3) is 0.417. The van der Waals surface area contributed by atoms with Gasteiger partial charge >= 0.3 is 0 Å². The Balaban J connectivity index is 2.84. The topological polar surface area (TPSA) is 92.5 Å². The van der Waals surface area contributed by atoms with Gasteiger partial charge in [-0.15, -0.1) is 0 Å². The third kappa shape index (κ3) is 3.90. The van der Waals surface area contributed by atoms with Crippen LogP contribution in [0.2, 0.25) is 5.02 Å². The lowest BCUT2D eigenvalue weighted by molar-refractivity contribution is -0.384. The lowest BCUT2D eigenvalue weighted by Gasteiger charge is -2.19. The first-order chi connectivity index (χ1) is 8.86. The average molecular weight is 287 g/mol. The maximum atomic E-state index is 11.9. The molecule has 0 bridgehead atoms. The number of benzene rings is 1. The summed E-state index contributed by atoms with van der Waals surface area (Å²) in [5.41, 5.74) is 0.00239. The minimum absolute atomic E-state index is 0.0392. The highest BCUT2D eigenvalue weighted by molar-refractivity contribution is 6.33. The third-order valence-corrected chi connectivity index (χ3v) is 3.21. The Kier molecular flexibility index (Phi) is 5.26. The average Bonchev–Trinajstić information content (AvgIpc) is 2.36. The van der Waals surface area contributed by atoms with E-state index in [1.165, 1.54) is 18.2 Å². The molecule has 0 aliphatic heterocycles. The fourth-order valence-corrected chi connectivity index (χ4v) is 1.64. The van der Waals surface area contributed by atoms with Gasteiger partial charge in [0.1, 0.15) is 5.02 Å². The predicted molar refractivity (Wildman–Crippen MR) is 71.3 cm³/mol. The normalized spacial score (nSPS) is 13.7. The lowest BCUT2D eigenvalue weighted by atomic mass is 10.0.